The number of imidazole rings is 1. The molecule has 0 atom stereocenters. The lowest BCUT2D eigenvalue weighted by Crippen LogP contribution is -2.43. The molecular weight excluding hydrogens is 266 g/mol. The molecule has 0 unspecified atom stereocenters. The van der Waals surface area contributed by atoms with E-state index in [4.69, 9.17) is 0 Å². The number of nitrogens with zero attached hydrogens (tertiary/aromatic N) is 2. The zero-order chi connectivity index (χ0) is 14.4. The second kappa shape index (κ2) is 4.85. The van der Waals surface area contributed by atoms with Crippen LogP contribution in [0.4, 0.5) is 0 Å². The molecular formula is C16H25N3S. The van der Waals surface area contributed by atoms with Crippen LogP contribution < -0.4 is 5.32 Å². The van der Waals surface area contributed by atoms with E-state index in [0.717, 1.165) is 17.2 Å². The Hall–Kier alpha value is -0.870. The molecule has 20 heavy (non-hydrogen) atoms. The van der Waals surface area contributed by atoms with Gasteiger partial charge in [-0.25, -0.2) is 4.98 Å². The van der Waals surface area contributed by atoms with Crippen LogP contribution in [0.5, 0.6) is 0 Å². The van der Waals surface area contributed by atoms with Crippen molar-refractivity contribution >= 4 is 16.3 Å². The summed E-state index contributed by atoms with van der Waals surface area (Å²) in [4.78, 5) is 5.74. The molecule has 0 amide bonds. The molecule has 2 aromatic rings. The summed E-state index contributed by atoms with van der Waals surface area (Å²) in [6, 6.07) is 0.605. The SMILES string of the molecule is CC1(C)CC(NCc2cn3ccsc3n2)CC(C)(C)C1. The van der Waals surface area contributed by atoms with Crippen LogP contribution >= 0.6 is 11.3 Å². The molecule has 1 aliphatic rings. The van der Waals surface area contributed by atoms with Crippen LogP contribution in [0.2, 0.25) is 0 Å². The van der Waals surface area contributed by atoms with Gasteiger partial charge in [0.05, 0.1) is 5.69 Å². The van der Waals surface area contributed by atoms with E-state index in [1.807, 2.05) is 0 Å². The molecule has 0 aliphatic heterocycles. The molecule has 1 N–H and O–H groups in total. The summed E-state index contributed by atoms with van der Waals surface area (Å²) < 4.78 is 2.11. The predicted octanol–water partition coefficient (Wildman–Crippen LogP) is 4.09. The van der Waals surface area contributed by atoms with Crippen LogP contribution in [-0.2, 0) is 6.54 Å². The van der Waals surface area contributed by atoms with Gasteiger partial charge in [0.1, 0.15) is 0 Å². The summed E-state index contributed by atoms with van der Waals surface area (Å²) in [6.45, 7) is 10.5. The molecule has 0 radical (unpaired) electrons. The van der Waals surface area contributed by atoms with Crippen molar-refractivity contribution in [2.24, 2.45) is 10.8 Å². The van der Waals surface area contributed by atoms with Crippen LogP contribution in [0.1, 0.15) is 52.7 Å². The third-order valence-electron chi connectivity index (χ3n) is 4.27. The Bertz CT molecular complexity index is 549. The molecule has 4 heteroatoms. The van der Waals surface area contributed by atoms with Gasteiger partial charge >= 0.3 is 0 Å². The van der Waals surface area contributed by atoms with Crippen molar-refractivity contribution in [1.29, 1.82) is 0 Å². The third-order valence-corrected chi connectivity index (χ3v) is 5.04. The number of hydrogen-bond acceptors (Lipinski definition) is 3. The highest BCUT2D eigenvalue weighted by molar-refractivity contribution is 7.15. The maximum absolute atomic E-state index is 4.65. The summed E-state index contributed by atoms with van der Waals surface area (Å²) in [5.74, 6) is 0. The summed E-state index contributed by atoms with van der Waals surface area (Å²) >= 11 is 1.69. The fourth-order valence-electron chi connectivity index (χ4n) is 4.10. The van der Waals surface area contributed by atoms with Crippen molar-refractivity contribution < 1.29 is 0 Å². The van der Waals surface area contributed by atoms with Crippen LogP contribution in [0, 0.1) is 10.8 Å². The lowest BCUT2D eigenvalue weighted by molar-refractivity contribution is 0.0843. The molecule has 3 rings (SSSR count). The van der Waals surface area contributed by atoms with Crippen LogP contribution in [0.15, 0.2) is 17.8 Å². The van der Waals surface area contributed by atoms with Gasteiger partial charge in [-0.2, -0.15) is 0 Å². The average Bonchev–Trinajstić information content (AvgIpc) is 2.81. The first kappa shape index (κ1) is 14.1. The molecule has 2 aromatic heterocycles. The summed E-state index contributed by atoms with van der Waals surface area (Å²) in [5, 5.41) is 5.80. The van der Waals surface area contributed by atoms with Gasteiger partial charge in [-0.15, -0.1) is 11.3 Å². The van der Waals surface area contributed by atoms with Crippen LogP contribution in [-0.4, -0.2) is 15.4 Å². The van der Waals surface area contributed by atoms with E-state index in [1.54, 1.807) is 11.3 Å². The number of hydrogen-bond donors (Lipinski definition) is 1. The van der Waals surface area contributed by atoms with Gasteiger partial charge in [0, 0.05) is 30.4 Å². The normalized spacial score (nSPS) is 22.4. The number of nitrogens with one attached hydrogen (secondary N) is 1. The van der Waals surface area contributed by atoms with Gasteiger partial charge in [-0.3, -0.25) is 4.40 Å². The zero-order valence-electron chi connectivity index (χ0n) is 12.9. The molecule has 0 spiro atoms. The standard InChI is InChI=1S/C16H25N3S/c1-15(2)7-12(8-16(3,4)11-15)17-9-13-10-19-5-6-20-14(19)18-13/h5-6,10,12,17H,7-9,11H2,1-4H3. The minimum atomic E-state index is 0.438. The smallest absolute Gasteiger partial charge is 0.193 e. The second-order valence-electron chi connectivity index (χ2n) is 7.82. The van der Waals surface area contributed by atoms with E-state index in [9.17, 15) is 0 Å². The molecule has 0 aromatic carbocycles. The van der Waals surface area contributed by atoms with Crippen molar-refractivity contribution in [3.05, 3.63) is 23.5 Å². The molecule has 3 nitrogen and oxygen atoms in total. The highest BCUT2D eigenvalue weighted by Crippen LogP contribution is 2.45. The minimum absolute atomic E-state index is 0.438. The Morgan fingerprint density at radius 1 is 1.30 bits per heavy atom. The van der Waals surface area contributed by atoms with Crippen molar-refractivity contribution in [3.63, 3.8) is 0 Å². The van der Waals surface area contributed by atoms with Gasteiger partial charge < -0.3 is 5.32 Å². The van der Waals surface area contributed by atoms with E-state index in [1.165, 1.54) is 19.3 Å². The van der Waals surface area contributed by atoms with Crippen LogP contribution in [0.25, 0.3) is 4.96 Å². The minimum Gasteiger partial charge on any atom is -0.308 e. The van der Waals surface area contributed by atoms with E-state index in [-0.39, 0.29) is 0 Å². The second-order valence-corrected chi connectivity index (χ2v) is 8.69. The Kier molecular flexibility index (Phi) is 3.41. The van der Waals surface area contributed by atoms with Gasteiger partial charge in [0.25, 0.3) is 0 Å². The topological polar surface area (TPSA) is 29.3 Å². The molecule has 1 fully saturated rings. The molecule has 110 valence electrons. The highest BCUT2D eigenvalue weighted by atomic mass is 32.1. The Morgan fingerprint density at radius 2 is 2.00 bits per heavy atom. The van der Waals surface area contributed by atoms with Crippen LogP contribution in [0.3, 0.4) is 0 Å². The third kappa shape index (κ3) is 3.07. The first-order valence-electron chi connectivity index (χ1n) is 7.48. The van der Waals surface area contributed by atoms with Crippen molar-refractivity contribution in [3.8, 4) is 0 Å². The molecule has 2 heterocycles. The number of aromatic nitrogens is 2. The molecule has 1 aliphatic carbocycles. The molecule has 0 saturated heterocycles. The zero-order valence-corrected chi connectivity index (χ0v) is 13.8. The first-order chi connectivity index (χ1) is 9.33. The Labute approximate surface area is 125 Å². The van der Waals surface area contributed by atoms with Gasteiger partial charge in [0.15, 0.2) is 4.96 Å². The number of rotatable bonds is 3. The fourth-order valence-corrected chi connectivity index (χ4v) is 4.82. The van der Waals surface area contributed by atoms with Gasteiger partial charge in [-0.05, 0) is 30.1 Å². The van der Waals surface area contributed by atoms with Gasteiger partial charge in [-0.1, -0.05) is 27.7 Å². The largest absolute Gasteiger partial charge is 0.308 e. The quantitative estimate of drug-likeness (QED) is 0.923. The Morgan fingerprint density at radius 3 is 2.65 bits per heavy atom. The summed E-state index contributed by atoms with van der Waals surface area (Å²) in [5.41, 5.74) is 2.03. The molecule has 1 saturated carbocycles. The highest BCUT2D eigenvalue weighted by Gasteiger charge is 2.38. The van der Waals surface area contributed by atoms with Crippen molar-refractivity contribution in [2.45, 2.75) is 59.5 Å². The average molecular weight is 291 g/mol. The number of thiazole rings is 1. The summed E-state index contributed by atoms with van der Waals surface area (Å²) in [6.07, 6.45) is 8.05. The lowest BCUT2D eigenvalue weighted by atomic mass is 9.63. The lowest BCUT2D eigenvalue weighted by Gasteiger charge is -2.45. The predicted molar refractivity (Wildman–Crippen MR) is 85.1 cm³/mol. The van der Waals surface area contributed by atoms with E-state index < -0.39 is 0 Å². The monoisotopic (exact) mass is 291 g/mol. The molecule has 0 bridgehead atoms. The van der Waals surface area contributed by atoms with E-state index in [2.05, 4.69) is 60.2 Å². The summed E-state index contributed by atoms with van der Waals surface area (Å²) in [7, 11) is 0. The maximum Gasteiger partial charge on any atom is 0.193 e. The van der Waals surface area contributed by atoms with Crippen molar-refractivity contribution in [1.82, 2.24) is 14.7 Å². The van der Waals surface area contributed by atoms with Gasteiger partial charge in [0.2, 0.25) is 0 Å². The van der Waals surface area contributed by atoms with Crippen molar-refractivity contribution in [2.75, 3.05) is 0 Å². The fraction of sp³-hybridized carbons (Fsp3) is 0.688. The van der Waals surface area contributed by atoms with E-state index in [0.29, 0.717) is 16.9 Å². The first-order valence-corrected chi connectivity index (χ1v) is 8.36. The number of fused-ring (bicyclic) bond motifs is 1. The maximum atomic E-state index is 4.65. The Balaban J connectivity index is 1.64. The van der Waals surface area contributed by atoms with E-state index >= 15 is 0 Å².